The van der Waals surface area contributed by atoms with Gasteiger partial charge in [0, 0.05) is 12.1 Å². The molecule has 0 spiro atoms. The summed E-state index contributed by atoms with van der Waals surface area (Å²) in [7, 11) is 0. The van der Waals surface area contributed by atoms with Gasteiger partial charge in [-0.2, -0.15) is 0 Å². The molecule has 0 radical (unpaired) electrons. The molecule has 3 N–H and O–H groups in total. The van der Waals surface area contributed by atoms with Crippen LogP contribution in [0, 0.1) is 6.92 Å². The minimum absolute atomic E-state index is 0.0775. The Morgan fingerprint density at radius 2 is 1.74 bits per heavy atom. The smallest absolute Gasteiger partial charge is 0.282 e. The zero-order valence-corrected chi connectivity index (χ0v) is 21.2. The number of aromatic nitrogens is 5. The van der Waals surface area contributed by atoms with Crippen molar-refractivity contribution < 1.29 is 4.79 Å². The van der Waals surface area contributed by atoms with E-state index in [0.29, 0.717) is 33.3 Å². The van der Waals surface area contributed by atoms with E-state index in [2.05, 4.69) is 58.6 Å². The minimum atomic E-state index is -0.239. The molecule has 0 aliphatic heterocycles. The number of benzene rings is 2. The Kier molecular flexibility index (Phi) is 6.99. The van der Waals surface area contributed by atoms with E-state index in [1.165, 1.54) is 38.9 Å². The molecular weight excluding hydrogens is 466 g/mol. The van der Waals surface area contributed by atoms with Crippen molar-refractivity contribution >= 4 is 29.0 Å². The molecule has 1 amide bonds. The minimum Gasteiger partial charge on any atom is -0.346 e. The number of carbonyl (C=O) groups excluding carboxylic acids is 1. The fourth-order valence-electron chi connectivity index (χ4n) is 3.19. The normalized spacial score (nSPS) is 11.5. The first-order valence-corrected chi connectivity index (χ1v) is 12.6. The van der Waals surface area contributed by atoms with Crippen molar-refractivity contribution in [3.8, 4) is 11.4 Å². The first kappa shape index (κ1) is 23.9. The number of carbonyl (C=O) groups is 1. The molecule has 8 nitrogen and oxygen atoms in total. The summed E-state index contributed by atoms with van der Waals surface area (Å²) in [6.45, 7) is 9.00. The molecule has 0 unspecified atom stereocenters. The molecule has 2 aromatic heterocycles. The molecule has 0 aliphatic rings. The van der Waals surface area contributed by atoms with Crippen LogP contribution in [0.15, 0.2) is 53.7 Å². The van der Waals surface area contributed by atoms with Gasteiger partial charge in [0.1, 0.15) is 5.01 Å². The number of aryl methyl sites for hydroxylation is 1. The van der Waals surface area contributed by atoms with Crippen LogP contribution in [0.2, 0.25) is 0 Å². The molecule has 10 heteroatoms. The molecule has 0 saturated carbocycles. The highest BCUT2D eigenvalue weighted by atomic mass is 32.2. The van der Waals surface area contributed by atoms with Crippen LogP contribution < -0.4 is 11.2 Å². The molecular formula is C24H27N7OS2. The highest BCUT2D eigenvalue weighted by Crippen LogP contribution is 2.28. The molecule has 2 aromatic carbocycles. The lowest BCUT2D eigenvalue weighted by atomic mass is 9.87. The number of hydrogen-bond acceptors (Lipinski definition) is 8. The first-order valence-electron chi connectivity index (χ1n) is 10.8. The van der Waals surface area contributed by atoms with Crippen LogP contribution in [0.1, 0.15) is 52.3 Å². The van der Waals surface area contributed by atoms with Crippen LogP contribution in [-0.2, 0) is 17.7 Å². The fraction of sp³-hybridized carbons (Fsp3) is 0.292. The maximum absolute atomic E-state index is 12.4. The SMILES string of the molecule is Cc1ccc(CNC(=O)c2nnc(CSc3nnc(-c4ccc(C(C)(C)C)cc4)n3N)s2)cc1. The summed E-state index contributed by atoms with van der Waals surface area (Å²) >= 11 is 2.66. The van der Waals surface area contributed by atoms with Crippen LogP contribution >= 0.6 is 23.1 Å². The van der Waals surface area contributed by atoms with Gasteiger partial charge in [0.15, 0.2) is 5.82 Å². The standard InChI is InChI=1S/C24H27N7OS2/c1-15-5-7-16(8-6-15)13-26-21(32)22-29-27-19(34-22)14-33-23-30-28-20(31(23)25)17-9-11-18(12-10-17)24(2,3)4/h5-12H,13-14,25H2,1-4H3,(H,26,32). The van der Waals surface area contributed by atoms with E-state index in [9.17, 15) is 4.79 Å². The average Bonchev–Trinajstić information content (AvgIpc) is 3.43. The molecule has 0 atom stereocenters. The molecule has 0 fully saturated rings. The highest BCUT2D eigenvalue weighted by Gasteiger charge is 2.17. The second-order valence-electron chi connectivity index (χ2n) is 8.96. The second-order valence-corrected chi connectivity index (χ2v) is 11.0. The third kappa shape index (κ3) is 5.63. The summed E-state index contributed by atoms with van der Waals surface area (Å²) < 4.78 is 1.48. The number of nitrogens with two attached hydrogens (primary N) is 1. The third-order valence-electron chi connectivity index (χ3n) is 5.23. The monoisotopic (exact) mass is 493 g/mol. The zero-order chi connectivity index (χ0) is 24.3. The third-order valence-corrected chi connectivity index (χ3v) is 7.29. The second kappa shape index (κ2) is 9.94. The predicted octanol–water partition coefficient (Wildman–Crippen LogP) is 4.34. The highest BCUT2D eigenvalue weighted by molar-refractivity contribution is 7.98. The quantitative estimate of drug-likeness (QED) is 0.291. The number of rotatable bonds is 7. The van der Waals surface area contributed by atoms with E-state index in [0.717, 1.165) is 11.1 Å². The summed E-state index contributed by atoms with van der Waals surface area (Å²) in [6.07, 6.45) is 0. The van der Waals surface area contributed by atoms with Gasteiger partial charge in [-0.05, 0) is 23.5 Å². The maximum atomic E-state index is 12.4. The van der Waals surface area contributed by atoms with Crippen molar-refractivity contribution in [2.75, 3.05) is 5.84 Å². The number of hydrogen-bond donors (Lipinski definition) is 2. The van der Waals surface area contributed by atoms with Gasteiger partial charge in [-0.1, -0.05) is 98.0 Å². The van der Waals surface area contributed by atoms with Crippen molar-refractivity contribution in [2.45, 2.75) is 50.6 Å². The van der Waals surface area contributed by atoms with Gasteiger partial charge < -0.3 is 11.2 Å². The summed E-state index contributed by atoms with van der Waals surface area (Å²) in [5.74, 6) is 7.10. The van der Waals surface area contributed by atoms with E-state index >= 15 is 0 Å². The topological polar surface area (TPSA) is 112 Å². The summed E-state index contributed by atoms with van der Waals surface area (Å²) in [5.41, 5.74) is 4.43. The average molecular weight is 494 g/mol. The van der Waals surface area contributed by atoms with E-state index in [1.807, 2.05) is 43.3 Å². The molecule has 0 bridgehead atoms. The molecule has 0 aliphatic carbocycles. The summed E-state index contributed by atoms with van der Waals surface area (Å²) in [5, 5.41) is 21.1. The lowest BCUT2D eigenvalue weighted by Gasteiger charge is -2.19. The lowest BCUT2D eigenvalue weighted by molar-refractivity contribution is 0.0950. The van der Waals surface area contributed by atoms with Crippen LogP contribution in [0.5, 0.6) is 0 Å². The maximum Gasteiger partial charge on any atom is 0.282 e. The number of nitrogen functional groups attached to an aromatic ring is 1. The van der Waals surface area contributed by atoms with Gasteiger partial charge in [0.2, 0.25) is 10.2 Å². The molecule has 4 aromatic rings. The van der Waals surface area contributed by atoms with Crippen molar-refractivity contribution in [1.82, 2.24) is 30.4 Å². The number of amides is 1. The zero-order valence-electron chi connectivity index (χ0n) is 19.6. The van der Waals surface area contributed by atoms with Gasteiger partial charge >= 0.3 is 0 Å². The summed E-state index contributed by atoms with van der Waals surface area (Å²) in [6, 6.07) is 16.2. The molecule has 4 rings (SSSR count). The van der Waals surface area contributed by atoms with Gasteiger partial charge in [-0.25, -0.2) is 4.68 Å². The van der Waals surface area contributed by atoms with Gasteiger partial charge in [-0.15, -0.1) is 20.4 Å². The van der Waals surface area contributed by atoms with Gasteiger partial charge in [-0.3, -0.25) is 4.79 Å². The van der Waals surface area contributed by atoms with Gasteiger partial charge in [0.05, 0.1) is 5.75 Å². The Labute approximate surface area is 207 Å². The van der Waals surface area contributed by atoms with Crippen molar-refractivity contribution in [1.29, 1.82) is 0 Å². The molecule has 176 valence electrons. The van der Waals surface area contributed by atoms with Crippen LogP contribution in [0.25, 0.3) is 11.4 Å². The van der Waals surface area contributed by atoms with E-state index < -0.39 is 0 Å². The number of nitrogens with one attached hydrogen (secondary N) is 1. The van der Waals surface area contributed by atoms with Crippen molar-refractivity contribution in [3.63, 3.8) is 0 Å². The molecule has 34 heavy (non-hydrogen) atoms. The van der Waals surface area contributed by atoms with E-state index in [1.54, 1.807) is 0 Å². The Hall–Kier alpha value is -3.24. The molecule has 2 heterocycles. The van der Waals surface area contributed by atoms with Crippen LogP contribution in [0.4, 0.5) is 0 Å². The largest absolute Gasteiger partial charge is 0.346 e. The van der Waals surface area contributed by atoms with Crippen LogP contribution in [0.3, 0.4) is 0 Å². The first-order chi connectivity index (χ1) is 16.2. The lowest BCUT2D eigenvalue weighted by Crippen LogP contribution is -2.22. The van der Waals surface area contributed by atoms with Crippen LogP contribution in [-0.4, -0.2) is 31.0 Å². The van der Waals surface area contributed by atoms with E-state index in [4.69, 9.17) is 5.84 Å². The van der Waals surface area contributed by atoms with Crippen molar-refractivity contribution in [3.05, 3.63) is 75.2 Å². The predicted molar refractivity (Wildman–Crippen MR) is 136 cm³/mol. The Morgan fingerprint density at radius 1 is 1.03 bits per heavy atom. The summed E-state index contributed by atoms with van der Waals surface area (Å²) in [4.78, 5) is 12.4. The Balaban J connectivity index is 1.35. The van der Waals surface area contributed by atoms with E-state index in [-0.39, 0.29) is 11.3 Å². The number of nitrogens with zero attached hydrogens (tertiary/aromatic N) is 5. The van der Waals surface area contributed by atoms with Crippen molar-refractivity contribution in [2.24, 2.45) is 0 Å². The van der Waals surface area contributed by atoms with Gasteiger partial charge in [0.25, 0.3) is 5.91 Å². The fourth-order valence-corrected chi connectivity index (χ4v) is 4.78. The Morgan fingerprint density at radius 3 is 2.41 bits per heavy atom. The Bertz CT molecular complexity index is 1270. The number of thioether (sulfide) groups is 1. The molecule has 0 saturated heterocycles.